The number of sulfone groups is 1. The van der Waals surface area contributed by atoms with Crippen LogP contribution in [0.2, 0.25) is 0 Å². The van der Waals surface area contributed by atoms with Gasteiger partial charge in [-0.15, -0.1) is 0 Å². The first-order valence-electron chi connectivity index (χ1n) is 9.10. The normalized spacial score (nSPS) is 17.1. The molecule has 2 N–H and O–H groups in total. The van der Waals surface area contributed by atoms with Crippen molar-refractivity contribution in [3.63, 3.8) is 0 Å². The molecule has 0 unspecified atom stereocenters. The van der Waals surface area contributed by atoms with Crippen molar-refractivity contribution in [2.24, 2.45) is 0 Å². The van der Waals surface area contributed by atoms with Crippen LogP contribution in [0.4, 0.5) is 4.79 Å². The molecule has 0 radical (unpaired) electrons. The molecule has 0 aliphatic carbocycles. The SMILES string of the molecule is C[C@@H](C=CS(C)(=O)=O)NC(=O)[C@H](Cc1ccccc1)NC(=O)N1CCOCC1. The highest BCUT2D eigenvalue weighted by molar-refractivity contribution is 7.93. The molecule has 1 aromatic rings. The fourth-order valence-electron chi connectivity index (χ4n) is 2.70. The van der Waals surface area contributed by atoms with Crippen LogP contribution < -0.4 is 10.6 Å². The molecule has 0 saturated carbocycles. The Morgan fingerprint density at radius 2 is 1.82 bits per heavy atom. The maximum atomic E-state index is 12.7. The molecule has 1 saturated heterocycles. The minimum atomic E-state index is -3.28. The number of ether oxygens (including phenoxy) is 1. The fourth-order valence-corrected chi connectivity index (χ4v) is 3.22. The highest BCUT2D eigenvalue weighted by Crippen LogP contribution is 2.06. The molecule has 8 nitrogen and oxygen atoms in total. The Hall–Kier alpha value is -2.39. The van der Waals surface area contributed by atoms with Gasteiger partial charge in [0, 0.05) is 37.2 Å². The number of hydrogen-bond acceptors (Lipinski definition) is 5. The molecule has 0 spiro atoms. The molecule has 9 heteroatoms. The lowest BCUT2D eigenvalue weighted by atomic mass is 10.0. The lowest BCUT2D eigenvalue weighted by molar-refractivity contribution is -0.123. The number of urea groups is 1. The Labute approximate surface area is 165 Å². The molecule has 2 rings (SSSR count). The molecular weight excluding hydrogens is 382 g/mol. The smallest absolute Gasteiger partial charge is 0.318 e. The Kier molecular flexibility index (Phi) is 8.01. The summed E-state index contributed by atoms with van der Waals surface area (Å²) in [6, 6.07) is 7.77. The molecule has 1 fully saturated rings. The van der Waals surface area contributed by atoms with Gasteiger partial charge in [-0.1, -0.05) is 36.4 Å². The first-order valence-corrected chi connectivity index (χ1v) is 11.1. The molecule has 0 aromatic heterocycles. The molecule has 2 atom stereocenters. The van der Waals surface area contributed by atoms with Gasteiger partial charge in [0.25, 0.3) is 0 Å². The second-order valence-electron chi connectivity index (χ2n) is 6.75. The number of carbonyl (C=O) groups is 2. The summed E-state index contributed by atoms with van der Waals surface area (Å²) in [5.41, 5.74) is 0.907. The lowest BCUT2D eigenvalue weighted by Crippen LogP contribution is -2.55. The predicted molar refractivity (Wildman–Crippen MR) is 106 cm³/mol. The van der Waals surface area contributed by atoms with E-state index in [0.29, 0.717) is 32.7 Å². The second kappa shape index (κ2) is 10.2. The fraction of sp³-hybridized carbons (Fsp3) is 0.474. The van der Waals surface area contributed by atoms with Crippen molar-refractivity contribution in [1.29, 1.82) is 0 Å². The van der Waals surface area contributed by atoms with E-state index in [4.69, 9.17) is 4.74 Å². The van der Waals surface area contributed by atoms with Crippen LogP contribution in [0.1, 0.15) is 12.5 Å². The topological polar surface area (TPSA) is 105 Å². The third-order valence-electron chi connectivity index (χ3n) is 4.18. The number of benzene rings is 1. The Morgan fingerprint density at radius 1 is 1.18 bits per heavy atom. The largest absolute Gasteiger partial charge is 0.378 e. The van der Waals surface area contributed by atoms with Crippen LogP contribution in [-0.4, -0.2) is 69.9 Å². The van der Waals surface area contributed by atoms with E-state index in [0.717, 1.165) is 17.2 Å². The van der Waals surface area contributed by atoms with E-state index in [-0.39, 0.29) is 11.9 Å². The van der Waals surface area contributed by atoms with E-state index in [2.05, 4.69) is 10.6 Å². The zero-order valence-corrected chi connectivity index (χ0v) is 16.9. The van der Waals surface area contributed by atoms with Gasteiger partial charge < -0.3 is 20.3 Å². The first kappa shape index (κ1) is 21.9. The Bertz CT molecular complexity index is 789. The van der Waals surface area contributed by atoms with Crippen molar-refractivity contribution in [3.05, 3.63) is 47.4 Å². The summed E-state index contributed by atoms with van der Waals surface area (Å²) in [5, 5.41) is 6.57. The van der Waals surface area contributed by atoms with E-state index in [1.165, 1.54) is 6.08 Å². The molecule has 28 heavy (non-hydrogen) atoms. The quantitative estimate of drug-likeness (QED) is 0.690. The maximum Gasteiger partial charge on any atom is 0.318 e. The predicted octanol–water partition coefficient (Wildman–Crippen LogP) is 0.703. The molecule has 1 aliphatic rings. The number of nitrogens with one attached hydrogen (secondary N) is 2. The maximum absolute atomic E-state index is 12.7. The Morgan fingerprint density at radius 3 is 2.43 bits per heavy atom. The van der Waals surface area contributed by atoms with Crippen molar-refractivity contribution in [1.82, 2.24) is 15.5 Å². The first-order chi connectivity index (χ1) is 13.2. The molecule has 154 valence electrons. The molecule has 1 heterocycles. The van der Waals surface area contributed by atoms with Gasteiger partial charge in [0.15, 0.2) is 9.84 Å². The van der Waals surface area contributed by atoms with E-state index >= 15 is 0 Å². The summed E-state index contributed by atoms with van der Waals surface area (Å²) < 4.78 is 27.7. The average molecular weight is 410 g/mol. The summed E-state index contributed by atoms with van der Waals surface area (Å²) >= 11 is 0. The number of nitrogens with zero attached hydrogens (tertiary/aromatic N) is 1. The van der Waals surface area contributed by atoms with Crippen molar-refractivity contribution in [3.8, 4) is 0 Å². The molecular formula is C19H27N3O5S. The second-order valence-corrected chi connectivity index (χ2v) is 8.68. The van der Waals surface area contributed by atoms with Crippen molar-refractivity contribution in [2.75, 3.05) is 32.6 Å². The minimum Gasteiger partial charge on any atom is -0.378 e. The summed E-state index contributed by atoms with van der Waals surface area (Å²) in [4.78, 5) is 26.9. The lowest BCUT2D eigenvalue weighted by Gasteiger charge is -2.29. The van der Waals surface area contributed by atoms with Gasteiger partial charge in [-0.2, -0.15) is 0 Å². The number of hydrogen-bond donors (Lipinski definition) is 2. The molecule has 1 aliphatic heterocycles. The van der Waals surface area contributed by atoms with Crippen LogP contribution in [0.15, 0.2) is 41.8 Å². The van der Waals surface area contributed by atoms with Crippen molar-refractivity contribution >= 4 is 21.8 Å². The van der Waals surface area contributed by atoms with Gasteiger partial charge in [0.2, 0.25) is 5.91 Å². The van der Waals surface area contributed by atoms with E-state index in [9.17, 15) is 18.0 Å². The third-order valence-corrected chi connectivity index (χ3v) is 4.83. The summed E-state index contributed by atoms with van der Waals surface area (Å²) in [5.74, 6) is -0.379. The summed E-state index contributed by atoms with van der Waals surface area (Å²) in [6.07, 6.45) is 2.81. The molecule has 0 bridgehead atoms. The third kappa shape index (κ3) is 7.69. The summed E-state index contributed by atoms with van der Waals surface area (Å²) in [7, 11) is -3.28. The van der Waals surface area contributed by atoms with Crippen LogP contribution in [0.25, 0.3) is 0 Å². The molecule has 3 amide bonds. The monoisotopic (exact) mass is 409 g/mol. The Balaban J connectivity index is 2.06. The van der Waals surface area contributed by atoms with Crippen LogP contribution >= 0.6 is 0 Å². The summed E-state index contributed by atoms with van der Waals surface area (Å²) in [6.45, 7) is 3.55. The number of morpholine rings is 1. The van der Waals surface area contributed by atoms with Gasteiger partial charge in [-0.25, -0.2) is 13.2 Å². The van der Waals surface area contributed by atoms with Gasteiger partial charge in [-0.3, -0.25) is 4.79 Å². The minimum absolute atomic E-state index is 0.321. The van der Waals surface area contributed by atoms with Crippen LogP contribution in [0, 0.1) is 0 Å². The number of rotatable bonds is 7. The highest BCUT2D eigenvalue weighted by Gasteiger charge is 2.25. The number of amides is 3. The highest BCUT2D eigenvalue weighted by atomic mass is 32.2. The zero-order valence-electron chi connectivity index (χ0n) is 16.1. The van der Waals surface area contributed by atoms with Crippen LogP contribution in [-0.2, 0) is 25.8 Å². The van der Waals surface area contributed by atoms with Gasteiger partial charge in [-0.05, 0) is 12.5 Å². The standard InChI is InChI=1S/C19H27N3O5S/c1-15(8-13-28(2,25)26)20-18(23)17(14-16-6-4-3-5-7-16)21-19(24)22-9-11-27-12-10-22/h3-8,13,15,17H,9-12,14H2,1-2H3,(H,20,23)(H,21,24)/t15-,17-/m0/s1. The van der Waals surface area contributed by atoms with Crippen LogP contribution in [0.3, 0.4) is 0 Å². The zero-order chi connectivity index (χ0) is 20.6. The van der Waals surface area contributed by atoms with E-state index in [1.807, 2.05) is 30.3 Å². The van der Waals surface area contributed by atoms with Crippen molar-refractivity contribution in [2.45, 2.75) is 25.4 Å². The van der Waals surface area contributed by atoms with E-state index < -0.39 is 21.9 Å². The average Bonchev–Trinajstić information content (AvgIpc) is 2.66. The van der Waals surface area contributed by atoms with Gasteiger partial charge >= 0.3 is 6.03 Å². The van der Waals surface area contributed by atoms with Gasteiger partial charge in [0.05, 0.1) is 13.2 Å². The van der Waals surface area contributed by atoms with Gasteiger partial charge in [0.1, 0.15) is 6.04 Å². The molecule has 1 aromatic carbocycles. The number of carbonyl (C=O) groups excluding carboxylic acids is 2. The van der Waals surface area contributed by atoms with Crippen molar-refractivity contribution < 1.29 is 22.7 Å². The van der Waals surface area contributed by atoms with Crippen LogP contribution in [0.5, 0.6) is 0 Å². The van der Waals surface area contributed by atoms with E-state index in [1.54, 1.807) is 11.8 Å².